The van der Waals surface area contributed by atoms with Crippen molar-refractivity contribution in [2.24, 2.45) is 0 Å². The molecule has 0 unspecified atom stereocenters. The smallest absolute Gasteiger partial charge is 0.659 e. The van der Waals surface area contributed by atoms with Crippen LogP contribution in [0.15, 0.2) is 0 Å². The van der Waals surface area contributed by atoms with E-state index in [2.05, 4.69) is 9.78 Å². The normalized spacial score (nSPS) is 6.00. The van der Waals surface area contributed by atoms with Gasteiger partial charge in [0, 0.05) is 0 Å². The average molecular weight is 361 g/mol. The van der Waals surface area contributed by atoms with Gasteiger partial charge >= 0.3 is 39.6 Å². The van der Waals surface area contributed by atoms with Crippen molar-refractivity contribution in [3.05, 3.63) is 0 Å². The third kappa shape index (κ3) is 44.7. The number of hydrogen-bond donors (Lipinski definition) is 2. The molecule has 2 radical (unpaired) electrons. The molecule has 0 saturated heterocycles. The van der Waals surface area contributed by atoms with Crippen LogP contribution in [0.4, 0.5) is 9.59 Å². The first kappa shape index (κ1) is 16.8. The van der Waals surface area contributed by atoms with E-state index in [9.17, 15) is 0 Å². The maximum Gasteiger partial charge on any atom is 2.00 e. The molecule has 2 N–H and O–H groups in total. The minimum atomic E-state index is -1.80. The largest absolute Gasteiger partial charge is 2.00 e. The summed E-state index contributed by atoms with van der Waals surface area (Å²) < 4.78 is 0. The van der Waals surface area contributed by atoms with Crippen molar-refractivity contribution in [1.82, 2.24) is 0 Å². The van der Waals surface area contributed by atoms with Crippen LogP contribution in [0.3, 0.4) is 0 Å². The van der Waals surface area contributed by atoms with E-state index in [1.54, 1.807) is 0 Å². The van der Waals surface area contributed by atoms with Gasteiger partial charge in [-0.15, -0.1) is 0 Å². The summed E-state index contributed by atoms with van der Waals surface area (Å²) >= 11 is 0. The SMILES string of the molecule is O=C(O)O[O-].O=C(O)O[O-].[Pb+2]. The van der Waals surface area contributed by atoms with Gasteiger partial charge in [-0.3, -0.25) is 0 Å². The molecule has 9 heteroatoms. The Balaban J connectivity index is -0.000000107. The van der Waals surface area contributed by atoms with Crippen LogP contribution in [0, 0.1) is 0 Å². The Labute approximate surface area is 80.0 Å². The van der Waals surface area contributed by atoms with Crippen molar-refractivity contribution in [3.8, 4) is 0 Å². The van der Waals surface area contributed by atoms with Gasteiger partial charge in [0.05, 0.1) is 0 Å². The van der Waals surface area contributed by atoms with Crippen LogP contribution >= 0.6 is 0 Å². The number of hydrogen-bond acceptors (Lipinski definition) is 6. The summed E-state index contributed by atoms with van der Waals surface area (Å²) in [5, 5.41) is 31.4. The molecule has 8 nitrogen and oxygen atoms in total. The van der Waals surface area contributed by atoms with Gasteiger partial charge in [0.25, 0.3) is 0 Å². The molecular weight excluding hydrogens is 359 g/mol. The van der Waals surface area contributed by atoms with Crippen molar-refractivity contribution in [2.45, 2.75) is 0 Å². The fourth-order valence-corrected chi connectivity index (χ4v) is 0. The van der Waals surface area contributed by atoms with Gasteiger partial charge < -0.3 is 30.5 Å². The zero-order valence-electron chi connectivity index (χ0n) is 4.84. The van der Waals surface area contributed by atoms with Gasteiger partial charge in [-0.2, -0.15) is 0 Å². The number of rotatable bonds is 0. The second kappa shape index (κ2) is 12.1. The van der Waals surface area contributed by atoms with Crippen LogP contribution in [0.2, 0.25) is 0 Å². The fraction of sp³-hybridized carbons (Fsp3) is 0. The van der Waals surface area contributed by atoms with Crippen molar-refractivity contribution in [3.63, 3.8) is 0 Å². The molecule has 62 valence electrons. The summed E-state index contributed by atoms with van der Waals surface area (Å²) in [4.78, 5) is 22.5. The second-order valence-corrected chi connectivity index (χ2v) is 0.698. The van der Waals surface area contributed by atoms with Crippen molar-refractivity contribution < 1.29 is 40.1 Å². The van der Waals surface area contributed by atoms with Gasteiger partial charge in [-0.1, -0.05) is 0 Å². The standard InChI is InChI=1S/2CH2O4.Pb/c2*2-1(3)5-4;/h2*4H,(H,2,3);/q;;+2/p-2. The van der Waals surface area contributed by atoms with Crippen molar-refractivity contribution in [1.29, 1.82) is 0 Å². The number of carbonyl (C=O) groups is 2. The van der Waals surface area contributed by atoms with Crippen LogP contribution in [-0.4, -0.2) is 49.8 Å². The minimum Gasteiger partial charge on any atom is -0.659 e. The van der Waals surface area contributed by atoms with Gasteiger partial charge in [-0.05, 0) is 0 Å². The van der Waals surface area contributed by atoms with Gasteiger partial charge in [-0.25, -0.2) is 9.59 Å². The van der Waals surface area contributed by atoms with Crippen molar-refractivity contribution >= 4 is 39.6 Å². The summed E-state index contributed by atoms with van der Waals surface area (Å²) in [6.45, 7) is 0. The van der Waals surface area contributed by atoms with E-state index < -0.39 is 12.3 Å². The fourth-order valence-electron chi connectivity index (χ4n) is 0. The molecule has 0 aromatic carbocycles. The zero-order valence-corrected chi connectivity index (χ0v) is 8.73. The molecule has 0 bridgehead atoms. The molecule has 0 saturated carbocycles. The van der Waals surface area contributed by atoms with E-state index in [0.29, 0.717) is 0 Å². The van der Waals surface area contributed by atoms with Gasteiger partial charge in [0.2, 0.25) is 0 Å². The molecule has 0 aliphatic carbocycles. The van der Waals surface area contributed by atoms with Crippen LogP contribution < -0.4 is 10.5 Å². The predicted octanol–water partition coefficient (Wildman–Crippen LogP) is -2.47. The first-order valence-electron chi connectivity index (χ1n) is 1.60. The Kier molecular flexibility index (Phi) is 18.4. The third-order valence-electron chi connectivity index (χ3n) is 0.143. The average Bonchev–Trinajstić information content (AvgIpc) is 1.89. The van der Waals surface area contributed by atoms with Crippen LogP contribution in [-0.2, 0) is 9.78 Å². The van der Waals surface area contributed by atoms with E-state index in [-0.39, 0.29) is 27.3 Å². The van der Waals surface area contributed by atoms with E-state index in [1.807, 2.05) is 0 Å². The molecule has 0 amide bonds. The molecule has 0 spiro atoms. The first-order chi connectivity index (χ1) is 4.54. The van der Waals surface area contributed by atoms with E-state index >= 15 is 0 Å². The topological polar surface area (TPSA) is 139 Å². The third-order valence-corrected chi connectivity index (χ3v) is 0.143. The monoisotopic (exact) mass is 362 g/mol. The van der Waals surface area contributed by atoms with Gasteiger partial charge in [0.15, 0.2) is 0 Å². The molecule has 0 aliphatic heterocycles. The minimum absolute atomic E-state index is 0. The van der Waals surface area contributed by atoms with E-state index in [4.69, 9.17) is 30.3 Å². The quantitative estimate of drug-likeness (QED) is 0.275. The number of carboxylic acid groups (broad SMARTS) is 2. The summed E-state index contributed by atoms with van der Waals surface area (Å²) in [7, 11) is 0. The van der Waals surface area contributed by atoms with E-state index in [1.165, 1.54) is 0 Å². The van der Waals surface area contributed by atoms with Crippen LogP contribution in [0.1, 0.15) is 0 Å². The summed E-state index contributed by atoms with van der Waals surface area (Å²) in [5.41, 5.74) is 0. The second-order valence-electron chi connectivity index (χ2n) is 0.698. The molecule has 0 aromatic heterocycles. The van der Waals surface area contributed by atoms with E-state index in [0.717, 1.165) is 0 Å². The molecule has 0 heterocycles. The molecule has 0 fully saturated rings. The zero-order chi connectivity index (χ0) is 8.57. The molecular formula is C2H2O8Pb. The van der Waals surface area contributed by atoms with Crippen LogP contribution in [0.5, 0.6) is 0 Å². The van der Waals surface area contributed by atoms with Gasteiger partial charge in [0.1, 0.15) is 0 Å². The van der Waals surface area contributed by atoms with Crippen LogP contribution in [0.25, 0.3) is 0 Å². The first-order valence-corrected chi connectivity index (χ1v) is 1.60. The maximum absolute atomic E-state index is 8.83. The Morgan fingerprint density at radius 3 is 1.09 bits per heavy atom. The molecule has 0 rings (SSSR count). The molecule has 11 heavy (non-hydrogen) atoms. The summed E-state index contributed by atoms with van der Waals surface area (Å²) in [6, 6.07) is 0. The Hall–Kier alpha value is -0.618. The Bertz CT molecular complexity index is 96.7. The Morgan fingerprint density at radius 1 is 1.00 bits per heavy atom. The van der Waals surface area contributed by atoms with Crippen molar-refractivity contribution in [2.75, 3.05) is 0 Å². The summed E-state index contributed by atoms with van der Waals surface area (Å²) in [6.07, 6.45) is -3.60. The molecule has 0 aliphatic rings. The summed E-state index contributed by atoms with van der Waals surface area (Å²) in [5.74, 6) is 0. The molecule has 0 aromatic rings. The molecule has 0 atom stereocenters. The maximum atomic E-state index is 8.83. The Morgan fingerprint density at radius 2 is 1.09 bits per heavy atom. The predicted molar refractivity (Wildman–Crippen MR) is 24.0 cm³/mol.